The Morgan fingerprint density at radius 2 is 2.40 bits per heavy atom. The van der Waals surface area contributed by atoms with Crippen molar-refractivity contribution in [1.82, 2.24) is 9.97 Å². The molecule has 1 aromatic heterocycles. The van der Waals surface area contributed by atoms with Crippen molar-refractivity contribution in [3.8, 4) is 0 Å². The normalized spacial score (nSPS) is 21.1. The van der Waals surface area contributed by atoms with E-state index >= 15 is 0 Å². The molecule has 3 nitrogen and oxygen atoms in total. The largest absolute Gasteiger partial charge is 0.384 e. The maximum Gasteiger partial charge on any atom is 0.116 e. The fourth-order valence-electron chi connectivity index (χ4n) is 1.00. The zero-order chi connectivity index (χ0) is 6.97. The fraction of sp³-hybridized carbons (Fsp3) is 0.143. The van der Waals surface area contributed by atoms with Crippen LogP contribution < -0.4 is 0 Å². The molecule has 0 fully saturated rings. The van der Waals surface area contributed by atoms with Crippen LogP contribution in [0.15, 0.2) is 18.6 Å². The highest BCUT2D eigenvalue weighted by molar-refractivity contribution is 5.56. The van der Waals surface area contributed by atoms with Gasteiger partial charge in [-0.1, -0.05) is 0 Å². The minimum Gasteiger partial charge on any atom is -0.384 e. The van der Waals surface area contributed by atoms with Crippen LogP contribution in [0, 0.1) is 0 Å². The van der Waals surface area contributed by atoms with Crippen LogP contribution in [-0.4, -0.2) is 15.1 Å². The SMILES string of the molecule is OC1C=Cc2ncncc21. The quantitative estimate of drug-likeness (QED) is 0.563. The van der Waals surface area contributed by atoms with Crippen molar-refractivity contribution in [1.29, 1.82) is 0 Å². The molecule has 1 heterocycles. The Hall–Kier alpha value is -1.22. The van der Waals surface area contributed by atoms with Gasteiger partial charge in [-0.25, -0.2) is 9.97 Å². The predicted octanol–water partition coefficient (Wildman–Crippen LogP) is 0.537. The summed E-state index contributed by atoms with van der Waals surface area (Å²) < 4.78 is 0. The van der Waals surface area contributed by atoms with Crippen LogP contribution >= 0.6 is 0 Å². The smallest absolute Gasteiger partial charge is 0.116 e. The second-order valence-electron chi connectivity index (χ2n) is 2.17. The summed E-state index contributed by atoms with van der Waals surface area (Å²) >= 11 is 0. The van der Waals surface area contributed by atoms with Crippen LogP contribution in [0.5, 0.6) is 0 Å². The second kappa shape index (κ2) is 1.88. The molecule has 0 saturated heterocycles. The van der Waals surface area contributed by atoms with E-state index in [1.165, 1.54) is 6.33 Å². The van der Waals surface area contributed by atoms with Crippen molar-refractivity contribution in [3.63, 3.8) is 0 Å². The Kier molecular flexibility index (Phi) is 1.05. The monoisotopic (exact) mass is 134 g/mol. The molecule has 3 heteroatoms. The lowest BCUT2D eigenvalue weighted by Gasteiger charge is -1.99. The van der Waals surface area contributed by atoms with Crippen LogP contribution in [-0.2, 0) is 0 Å². The predicted molar refractivity (Wildman–Crippen MR) is 36.0 cm³/mol. The summed E-state index contributed by atoms with van der Waals surface area (Å²) in [5, 5.41) is 9.21. The summed E-state index contributed by atoms with van der Waals surface area (Å²) in [6.07, 6.45) is 6.09. The van der Waals surface area contributed by atoms with E-state index in [1.807, 2.05) is 0 Å². The Balaban J connectivity index is 2.59. The molecule has 0 bridgehead atoms. The summed E-state index contributed by atoms with van der Waals surface area (Å²) in [7, 11) is 0. The van der Waals surface area contributed by atoms with Crippen molar-refractivity contribution in [2.24, 2.45) is 0 Å². The molecule has 1 atom stereocenters. The van der Waals surface area contributed by atoms with Gasteiger partial charge in [-0.05, 0) is 12.2 Å². The standard InChI is InChI=1S/C7H6N2O/c10-7-2-1-6-5(7)3-8-4-9-6/h1-4,7,10H. The molecular formula is C7H6N2O. The topological polar surface area (TPSA) is 46.0 Å². The molecule has 1 aromatic rings. The first-order valence-corrected chi connectivity index (χ1v) is 3.04. The van der Waals surface area contributed by atoms with Crippen molar-refractivity contribution in [2.45, 2.75) is 6.10 Å². The average Bonchev–Trinajstić information content (AvgIpc) is 2.34. The van der Waals surface area contributed by atoms with E-state index in [2.05, 4.69) is 9.97 Å². The van der Waals surface area contributed by atoms with Gasteiger partial charge in [0.25, 0.3) is 0 Å². The molecule has 0 radical (unpaired) electrons. The number of aromatic nitrogens is 2. The maximum atomic E-state index is 9.21. The van der Waals surface area contributed by atoms with Gasteiger partial charge in [-0.3, -0.25) is 0 Å². The Morgan fingerprint density at radius 1 is 1.50 bits per heavy atom. The Bertz CT molecular complexity index is 283. The van der Waals surface area contributed by atoms with Crippen molar-refractivity contribution in [2.75, 3.05) is 0 Å². The molecule has 50 valence electrons. The summed E-state index contributed by atoms with van der Waals surface area (Å²) in [5.41, 5.74) is 1.62. The van der Waals surface area contributed by atoms with Crippen LogP contribution in [0.2, 0.25) is 0 Å². The molecule has 2 rings (SSSR count). The fourth-order valence-corrected chi connectivity index (χ4v) is 1.00. The second-order valence-corrected chi connectivity index (χ2v) is 2.17. The number of aliphatic hydroxyl groups excluding tert-OH is 1. The summed E-state index contributed by atoms with van der Waals surface area (Å²) in [5.74, 6) is 0. The number of fused-ring (bicyclic) bond motifs is 1. The first kappa shape index (κ1) is 5.56. The first-order chi connectivity index (χ1) is 4.88. The summed E-state index contributed by atoms with van der Waals surface area (Å²) in [4.78, 5) is 7.75. The van der Waals surface area contributed by atoms with Crippen molar-refractivity contribution in [3.05, 3.63) is 29.9 Å². The van der Waals surface area contributed by atoms with E-state index in [9.17, 15) is 5.11 Å². The Labute approximate surface area is 58.1 Å². The lowest BCUT2D eigenvalue weighted by Crippen LogP contribution is -1.93. The molecule has 1 unspecified atom stereocenters. The number of nitrogens with zero attached hydrogens (tertiary/aromatic N) is 2. The highest BCUT2D eigenvalue weighted by Gasteiger charge is 2.14. The number of rotatable bonds is 0. The van der Waals surface area contributed by atoms with Gasteiger partial charge in [0.05, 0.1) is 5.69 Å². The first-order valence-electron chi connectivity index (χ1n) is 3.04. The van der Waals surface area contributed by atoms with Gasteiger partial charge in [0.15, 0.2) is 0 Å². The summed E-state index contributed by atoms with van der Waals surface area (Å²) in [6.45, 7) is 0. The van der Waals surface area contributed by atoms with Crippen LogP contribution in [0.3, 0.4) is 0 Å². The molecular weight excluding hydrogens is 128 g/mol. The van der Waals surface area contributed by atoms with E-state index in [0.29, 0.717) is 0 Å². The maximum absolute atomic E-state index is 9.21. The molecule has 0 saturated carbocycles. The molecule has 1 aliphatic carbocycles. The molecule has 0 spiro atoms. The molecule has 0 aromatic carbocycles. The number of hydrogen-bond donors (Lipinski definition) is 1. The molecule has 0 amide bonds. The van der Waals surface area contributed by atoms with E-state index in [0.717, 1.165) is 11.3 Å². The lowest BCUT2D eigenvalue weighted by molar-refractivity contribution is 0.231. The third-order valence-corrected chi connectivity index (χ3v) is 1.53. The van der Waals surface area contributed by atoms with Gasteiger partial charge in [0.2, 0.25) is 0 Å². The van der Waals surface area contributed by atoms with Gasteiger partial charge in [0, 0.05) is 11.8 Å². The molecule has 1 aliphatic rings. The van der Waals surface area contributed by atoms with Gasteiger partial charge in [-0.15, -0.1) is 0 Å². The molecule has 1 N–H and O–H groups in total. The van der Waals surface area contributed by atoms with Crippen molar-refractivity contribution < 1.29 is 5.11 Å². The highest BCUT2D eigenvalue weighted by atomic mass is 16.3. The third kappa shape index (κ3) is 0.642. The van der Waals surface area contributed by atoms with Crippen LogP contribution in [0.1, 0.15) is 17.4 Å². The minimum absolute atomic E-state index is 0.504. The van der Waals surface area contributed by atoms with Gasteiger partial charge >= 0.3 is 0 Å². The average molecular weight is 134 g/mol. The van der Waals surface area contributed by atoms with E-state index in [4.69, 9.17) is 0 Å². The Morgan fingerprint density at radius 3 is 3.20 bits per heavy atom. The lowest BCUT2D eigenvalue weighted by atomic mass is 10.2. The zero-order valence-electron chi connectivity index (χ0n) is 5.23. The molecule has 0 aliphatic heterocycles. The highest BCUT2D eigenvalue weighted by Crippen LogP contribution is 2.24. The summed E-state index contributed by atoms with van der Waals surface area (Å²) in [6, 6.07) is 0. The zero-order valence-corrected chi connectivity index (χ0v) is 5.23. The number of aliphatic hydroxyl groups is 1. The van der Waals surface area contributed by atoms with Gasteiger partial charge in [0.1, 0.15) is 12.4 Å². The minimum atomic E-state index is -0.504. The van der Waals surface area contributed by atoms with Crippen LogP contribution in [0.4, 0.5) is 0 Å². The number of hydrogen-bond acceptors (Lipinski definition) is 3. The molecule has 10 heavy (non-hydrogen) atoms. The van der Waals surface area contributed by atoms with Crippen molar-refractivity contribution >= 4 is 6.08 Å². The third-order valence-electron chi connectivity index (χ3n) is 1.53. The van der Waals surface area contributed by atoms with E-state index in [-0.39, 0.29) is 0 Å². The van der Waals surface area contributed by atoms with E-state index in [1.54, 1.807) is 18.3 Å². The van der Waals surface area contributed by atoms with E-state index < -0.39 is 6.10 Å². The van der Waals surface area contributed by atoms with Gasteiger partial charge < -0.3 is 5.11 Å². The van der Waals surface area contributed by atoms with Crippen LogP contribution in [0.25, 0.3) is 6.08 Å². The van der Waals surface area contributed by atoms with Gasteiger partial charge in [-0.2, -0.15) is 0 Å².